The molecule has 4 rings (SSSR count). The van der Waals surface area contributed by atoms with Crippen molar-refractivity contribution in [2.75, 3.05) is 19.1 Å². The van der Waals surface area contributed by atoms with Crippen molar-refractivity contribution in [2.45, 2.75) is 26.1 Å². The number of anilines is 1. The Hall–Kier alpha value is -4.04. The molecule has 3 aromatic carbocycles. The summed E-state index contributed by atoms with van der Waals surface area (Å²) in [5.41, 5.74) is -0.527. The molecule has 10 nitrogen and oxygen atoms in total. The summed E-state index contributed by atoms with van der Waals surface area (Å²) in [6, 6.07) is 5.31. The van der Waals surface area contributed by atoms with E-state index in [-0.39, 0.29) is 11.3 Å². The number of urea groups is 1. The molecule has 0 aromatic heterocycles. The van der Waals surface area contributed by atoms with Gasteiger partial charge in [0.05, 0.1) is 18.3 Å². The Morgan fingerprint density at radius 2 is 1.60 bits per heavy atom. The van der Waals surface area contributed by atoms with Crippen LogP contribution >= 0.6 is 7.82 Å². The highest BCUT2D eigenvalue weighted by molar-refractivity contribution is 7.47. The summed E-state index contributed by atoms with van der Waals surface area (Å²) in [5.74, 6) is -7.28. The maximum atomic E-state index is 15.0. The van der Waals surface area contributed by atoms with Gasteiger partial charge < -0.3 is 20.0 Å². The number of nitrogens with zero attached hydrogens (tertiary/aromatic N) is 2. The maximum absolute atomic E-state index is 15.0. The molecule has 16 heteroatoms. The van der Waals surface area contributed by atoms with Crippen LogP contribution in [0, 0.1) is 29.1 Å². The van der Waals surface area contributed by atoms with Crippen molar-refractivity contribution in [3.8, 4) is 5.75 Å². The van der Waals surface area contributed by atoms with E-state index in [4.69, 9.17) is 0 Å². The number of amides is 3. The molecule has 224 valence electrons. The average molecular weight is 615 g/mol. The molecule has 1 aliphatic rings. The predicted octanol–water partition coefficient (Wildman–Crippen LogP) is 5.50. The third kappa shape index (κ3) is 6.39. The smallest absolute Gasteiger partial charge is 0.348 e. The lowest BCUT2D eigenvalue weighted by atomic mass is 9.98. The molecule has 3 amide bonds. The first kappa shape index (κ1) is 30.9. The molecule has 1 heterocycles. The van der Waals surface area contributed by atoms with Crippen LogP contribution in [0.5, 0.6) is 5.75 Å². The number of nitrogens with one attached hydrogen (secondary N) is 1. The highest BCUT2D eigenvalue weighted by Crippen LogP contribution is 2.43. The number of benzene rings is 3. The van der Waals surface area contributed by atoms with Crippen LogP contribution in [0.2, 0.25) is 0 Å². The lowest BCUT2D eigenvalue weighted by Gasteiger charge is -2.39. The van der Waals surface area contributed by atoms with Crippen LogP contribution in [-0.2, 0) is 26.9 Å². The summed E-state index contributed by atoms with van der Waals surface area (Å²) in [6.45, 7) is 0.441. The molecular formula is C26H23F5N3O7P. The van der Waals surface area contributed by atoms with Gasteiger partial charge in [0.25, 0.3) is 5.91 Å². The lowest BCUT2D eigenvalue weighted by molar-refractivity contribution is -0.125. The third-order valence-corrected chi connectivity index (χ3v) is 7.29. The monoisotopic (exact) mass is 615 g/mol. The van der Waals surface area contributed by atoms with Crippen LogP contribution in [0.3, 0.4) is 0 Å². The summed E-state index contributed by atoms with van der Waals surface area (Å²) in [7, 11) is -2.30. The molecule has 1 aliphatic heterocycles. The van der Waals surface area contributed by atoms with E-state index in [1.807, 2.05) is 0 Å². The van der Waals surface area contributed by atoms with E-state index in [1.165, 1.54) is 30.1 Å². The zero-order chi connectivity index (χ0) is 30.9. The quantitative estimate of drug-likeness (QED) is 0.141. The Morgan fingerprint density at radius 3 is 2.19 bits per heavy atom. The van der Waals surface area contributed by atoms with Crippen molar-refractivity contribution in [2.24, 2.45) is 0 Å². The molecule has 0 aliphatic carbocycles. The van der Waals surface area contributed by atoms with Crippen molar-refractivity contribution in [1.82, 2.24) is 10.2 Å². The van der Waals surface area contributed by atoms with Crippen molar-refractivity contribution >= 4 is 25.4 Å². The highest BCUT2D eigenvalue weighted by Gasteiger charge is 2.35. The van der Waals surface area contributed by atoms with Crippen LogP contribution in [0.1, 0.15) is 40.0 Å². The summed E-state index contributed by atoms with van der Waals surface area (Å²) in [4.78, 5) is 42.1. The molecule has 42 heavy (non-hydrogen) atoms. The minimum absolute atomic E-state index is 0.0420. The SMILES string of the molecule is COP(=O)(O)OOc1cc(F)c(CN2C(=O)N(C)C(C)c3ccc(C(=O)NCc4c(F)cc(F)cc4F)cc32)c(F)c1. The Balaban J connectivity index is 1.61. The average Bonchev–Trinajstić information content (AvgIpc) is 2.93. The number of carbonyl (C=O) groups is 2. The standard InChI is InChI=1S/C26H23F5N3O7P/c1-13-17-5-4-14(25(35)32-11-18-20(28)7-15(27)8-21(18)29)6-24(17)34(26(36)33(13)2)12-19-22(30)9-16(10-23(19)31)40-41-42(37,38)39-3/h4-10,13H,11-12H2,1-3H3,(H,32,35)(H,37,38). The first-order valence-electron chi connectivity index (χ1n) is 12.0. The molecule has 3 aromatic rings. The van der Waals surface area contributed by atoms with E-state index in [9.17, 15) is 41.0 Å². The van der Waals surface area contributed by atoms with Crippen molar-refractivity contribution in [1.29, 1.82) is 0 Å². The molecule has 0 fully saturated rings. The second-order valence-electron chi connectivity index (χ2n) is 9.13. The lowest BCUT2D eigenvalue weighted by Crippen LogP contribution is -2.47. The van der Waals surface area contributed by atoms with Gasteiger partial charge in [0, 0.05) is 61.7 Å². The minimum Gasteiger partial charge on any atom is -0.348 e. The second kappa shape index (κ2) is 12.1. The second-order valence-corrected chi connectivity index (χ2v) is 10.6. The van der Waals surface area contributed by atoms with Gasteiger partial charge in [-0.1, -0.05) is 10.7 Å². The molecule has 0 radical (unpaired) electrons. The van der Waals surface area contributed by atoms with Gasteiger partial charge in [-0.25, -0.2) is 31.3 Å². The van der Waals surface area contributed by atoms with Gasteiger partial charge >= 0.3 is 13.9 Å². The Kier molecular flexibility index (Phi) is 8.87. The predicted molar refractivity (Wildman–Crippen MR) is 137 cm³/mol. The molecule has 0 bridgehead atoms. The molecule has 0 saturated heterocycles. The molecule has 2 N–H and O–H groups in total. The Bertz CT molecular complexity index is 1560. The first-order chi connectivity index (χ1) is 19.7. The van der Waals surface area contributed by atoms with Crippen LogP contribution in [-0.4, -0.2) is 35.9 Å². The highest BCUT2D eigenvalue weighted by atomic mass is 31.2. The molecule has 0 saturated carbocycles. The van der Waals surface area contributed by atoms with Crippen molar-refractivity contribution in [3.63, 3.8) is 0 Å². The van der Waals surface area contributed by atoms with Crippen LogP contribution < -0.4 is 15.1 Å². The number of hydrogen-bond acceptors (Lipinski definition) is 6. The van der Waals surface area contributed by atoms with E-state index >= 15 is 0 Å². The number of carbonyl (C=O) groups excluding carboxylic acids is 2. The zero-order valence-corrected chi connectivity index (χ0v) is 23.1. The normalized spacial score (nSPS) is 16.2. The van der Waals surface area contributed by atoms with E-state index in [1.54, 1.807) is 6.92 Å². The topological polar surface area (TPSA) is 118 Å². The number of phosphoric acid groups is 1. The maximum Gasteiger partial charge on any atom is 0.508 e. The fourth-order valence-electron chi connectivity index (χ4n) is 4.16. The van der Waals surface area contributed by atoms with E-state index in [2.05, 4.69) is 19.4 Å². The number of hydrogen-bond donors (Lipinski definition) is 2. The van der Waals surface area contributed by atoms with Gasteiger partial charge in [0.1, 0.15) is 29.1 Å². The number of fused-ring (bicyclic) bond motifs is 1. The van der Waals surface area contributed by atoms with Gasteiger partial charge in [0.2, 0.25) is 0 Å². The van der Waals surface area contributed by atoms with Crippen molar-refractivity contribution in [3.05, 3.63) is 93.8 Å². The third-order valence-electron chi connectivity index (χ3n) is 6.57. The molecule has 2 atom stereocenters. The summed E-state index contributed by atoms with van der Waals surface area (Å²) >= 11 is 0. The summed E-state index contributed by atoms with van der Waals surface area (Å²) in [5, 5.41) is 2.32. The molecule has 0 spiro atoms. The van der Waals surface area contributed by atoms with Gasteiger partial charge in [-0.05, 0) is 24.6 Å². The fourth-order valence-corrected chi connectivity index (χ4v) is 4.40. The van der Waals surface area contributed by atoms with E-state index < -0.39 is 84.9 Å². The van der Waals surface area contributed by atoms with E-state index in [0.29, 0.717) is 29.8 Å². The fraction of sp³-hybridized carbons (Fsp3) is 0.231. The van der Waals surface area contributed by atoms with Gasteiger partial charge in [-0.3, -0.25) is 14.2 Å². The van der Waals surface area contributed by atoms with Gasteiger partial charge in [-0.2, -0.15) is 0 Å². The number of phosphoric ester groups is 1. The summed E-state index contributed by atoms with van der Waals surface area (Å²) < 4.78 is 90.7. The van der Waals surface area contributed by atoms with Crippen LogP contribution in [0.25, 0.3) is 0 Å². The van der Waals surface area contributed by atoms with Gasteiger partial charge in [0.15, 0.2) is 5.75 Å². The largest absolute Gasteiger partial charge is 0.508 e. The minimum atomic E-state index is -4.62. The number of rotatable bonds is 9. The Labute approximate surface area is 235 Å². The van der Waals surface area contributed by atoms with Gasteiger partial charge in [-0.15, -0.1) is 0 Å². The first-order valence-corrected chi connectivity index (χ1v) is 13.5. The molecule has 2 unspecified atom stereocenters. The molecular weight excluding hydrogens is 592 g/mol. The van der Waals surface area contributed by atoms with Crippen LogP contribution in [0.15, 0.2) is 42.5 Å². The zero-order valence-electron chi connectivity index (χ0n) is 22.2. The number of halogens is 5. The Morgan fingerprint density at radius 1 is 1.00 bits per heavy atom. The van der Waals surface area contributed by atoms with E-state index in [0.717, 1.165) is 12.0 Å². The van der Waals surface area contributed by atoms with Crippen molar-refractivity contribution < 1.29 is 55.1 Å². The summed E-state index contributed by atoms with van der Waals surface area (Å²) in [6.07, 6.45) is 0. The van der Waals surface area contributed by atoms with Crippen LogP contribution in [0.4, 0.5) is 32.4 Å².